The molecule has 0 amide bonds. The van der Waals surface area contributed by atoms with Crippen molar-refractivity contribution in [2.24, 2.45) is 4.99 Å². The number of aromatic nitrogens is 1. The van der Waals surface area contributed by atoms with Gasteiger partial charge in [-0.05, 0) is 24.1 Å². The number of nitrogens with one attached hydrogen (secondary N) is 2. The summed E-state index contributed by atoms with van der Waals surface area (Å²) in [5, 5.41) is 7.49. The molecule has 1 aromatic carbocycles. The highest BCUT2D eigenvalue weighted by Gasteiger charge is 2.39. The van der Waals surface area contributed by atoms with E-state index in [-0.39, 0.29) is 29.4 Å². The summed E-state index contributed by atoms with van der Waals surface area (Å²) in [5.41, 5.74) is 1.23. The van der Waals surface area contributed by atoms with Crippen LogP contribution in [0.3, 0.4) is 0 Å². The van der Waals surface area contributed by atoms with Crippen molar-refractivity contribution in [3.05, 3.63) is 52.7 Å². The van der Waals surface area contributed by atoms with Crippen LogP contribution in [0.25, 0.3) is 0 Å². The third-order valence-electron chi connectivity index (χ3n) is 4.31. The number of aliphatic imine (C=N–C) groups is 1. The minimum atomic E-state index is -0.0383. The number of oxazole rings is 1. The summed E-state index contributed by atoms with van der Waals surface area (Å²) in [6.45, 7) is 6.82. The fraction of sp³-hybridized carbons (Fsp3) is 0.474. The Balaban J connectivity index is 0.00000243. The van der Waals surface area contributed by atoms with Crippen molar-refractivity contribution in [3.63, 3.8) is 0 Å². The Labute approximate surface area is 177 Å². The predicted molar refractivity (Wildman–Crippen MR) is 117 cm³/mol. The Morgan fingerprint density at radius 3 is 2.77 bits per heavy atom. The van der Waals surface area contributed by atoms with Crippen LogP contribution in [-0.2, 0) is 12.0 Å². The molecule has 2 aromatic rings. The van der Waals surface area contributed by atoms with Crippen molar-refractivity contribution < 1.29 is 4.42 Å². The van der Waals surface area contributed by atoms with Crippen molar-refractivity contribution in [2.45, 2.75) is 51.1 Å². The van der Waals surface area contributed by atoms with E-state index in [9.17, 15) is 0 Å². The monoisotopic (exact) mass is 488 g/mol. The molecule has 0 aliphatic heterocycles. The lowest BCUT2D eigenvalue weighted by Crippen LogP contribution is -2.38. The standard InChI is InChI=1S/C19H25ClN4O.HI/c1-19(2,3)16-10-22-17(25-16)11-23-18(21-4)24-15-9-14(15)12-6-5-7-13(20)8-12;/h5-8,10,14-15H,9,11H2,1-4H3,(H2,21,23,24);1H. The molecule has 1 aromatic heterocycles. The highest BCUT2D eigenvalue weighted by molar-refractivity contribution is 14.0. The van der Waals surface area contributed by atoms with Crippen molar-refractivity contribution in [3.8, 4) is 0 Å². The summed E-state index contributed by atoms with van der Waals surface area (Å²) in [6.07, 6.45) is 2.87. The molecule has 7 heteroatoms. The van der Waals surface area contributed by atoms with Crippen LogP contribution in [-0.4, -0.2) is 24.0 Å². The van der Waals surface area contributed by atoms with E-state index >= 15 is 0 Å². The molecule has 1 heterocycles. The van der Waals surface area contributed by atoms with Crippen LogP contribution in [0.15, 0.2) is 39.9 Å². The Kier molecular flexibility index (Phi) is 6.96. The molecule has 0 bridgehead atoms. The molecule has 0 radical (unpaired) electrons. The first kappa shape index (κ1) is 21.0. The second-order valence-corrected chi connectivity index (χ2v) is 7.88. The lowest BCUT2D eigenvalue weighted by Gasteiger charge is -2.13. The van der Waals surface area contributed by atoms with Gasteiger partial charge in [0.25, 0.3) is 0 Å². The Morgan fingerprint density at radius 1 is 1.38 bits per heavy atom. The van der Waals surface area contributed by atoms with Crippen LogP contribution in [0, 0.1) is 0 Å². The normalized spacial score (nSPS) is 19.7. The molecule has 1 aliphatic rings. The molecule has 26 heavy (non-hydrogen) atoms. The summed E-state index contributed by atoms with van der Waals surface area (Å²) >= 11 is 6.08. The van der Waals surface area contributed by atoms with Gasteiger partial charge in [0.05, 0.1) is 12.7 Å². The van der Waals surface area contributed by atoms with Crippen LogP contribution in [0.1, 0.15) is 50.3 Å². The second-order valence-electron chi connectivity index (χ2n) is 7.44. The van der Waals surface area contributed by atoms with E-state index < -0.39 is 0 Å². The van der Waals surface area contributed by atoms with Gasteiger partial charge in [-0.15, -0.1) is 24.0 Å². The van der Waals surface area contributed by atoms with Gasteiger partial charge in [0, 0.05) is 29.4 Å². The zero-order chi connectivity index (χ0) is 18.0. The van der Waals surface area contributed by atoms with Crippen LogP contribution in [0.4, 0.5) is 0 Å². The molecule has 0 spiro atoms. The highest BCUT2D eigenvalue weighted by Crippen LogP contribution is 2.41. The molecule has 1 aliphatic carbocycles. The van der Waals surface area contributed by atoms with Crippen LogP contribution < -0.4 is 10.6 Å². The van der Waals surface area contributed by atoms with Crippen molar-refractivity contribution in [1.82, 2.24) is 15.6 Å². The average molecular weight is 489 g/mol. The molecule has 5 nitrogen and oxygen atoms in total. The molecular weight excluding hydrogens is 463 g/mol. The summed E-state index contributed by atoms with van der Waals surface area (Å²) in [6, 6.07) is 8.42. The smallest absolute Gasteiger partial charge is 0.213 e. The maximum absolute atomic E-state index is 6.08. The van der Waals surface area contributed by atoms with Crippen LogP contribution in [0.5, 0.6) is 0 Å². The predicted octanol–water partition coefficient (Wildman–Crippen LogP) is 4.46. The van der Waals surface area contributed by atoms with E-state index in [1.807, 2.05) is 18.2 Å². The van der Waals surface area contributed by atoms with Gasteiger partial charge in [0.15, 0.2) is 5.96 Å². The minimum absolute atomic E-state index is 0. The molecule has 3 rings (SSSR count). The first-order chi connectivity index (χ1) is 11.9. The molecule has 0 saturated heterocycles. The zero-order valence-electron chi connectivity index (χ0n) is 15.5. The summed E-state index contributed by atoms with van der Waals surface area (Å²) in [7, 11) is 1.77. The lowest BCUT2D eigenvalue weighted by molar-refractivity contribution is 0.379. The maximum atomic E-state index is 6.08. The summed E-state index contributed by atoms with van der Waals surface area (Å²) in [5.74, 6) is 2.78. The van der Waals surface area contributed by atoms with E-state index in [1.54, 1.807) is 13.2 Å². The van der Waals surface area contributed by atoms with Gasteiger partial charge in [-0.25, -0.2) is 4.98 Å². The molecule has 2 N–H and O–H groups in total. The Morgan fingerprint density at radius 2 is 2.15 bits per heavy atom. The van der Waals surface area contributed by atoms with E-state index in [0.717, 1.165) is 23.2 Å². The van der Waals surface area contributed by atoms with E-state index in [2.05, 4.69) is 47.4 Å². The third-order valence-corrected chi connectivity index (χ3v) is 4.55. The zero-order valence-corrected chi connectivity index (χ0v) is 18.6. The van der Waals surface area contributed by atoms with Gasteiger partial charge in [0.2, 0.25) is 5.89 Å². The fourth-order valence-electron chi connectivity index (χ4n) is 2.73. The molecule has 142 valence electrons. The van der Waals surface area contributed by atoms with Gasteiger partial charge in [-0.3, -0.25) is 4.99 Å². The number of guanidine groups is 1. The first-order valence-electron chi connectivity index (χ1n) is 8.54. The number of rotatable bonds is 4. The lowest BCUT2D eigenvalue weighted by atomic mass is 9.94. The number of hydrogen-bond donors (Lipinski definition) is 2. The van der Waals surface area contributed by atoms with Crippen molar-refractivity contribution >= 4 is 41.5 Å². The number of hydrogen-bond acceptors (Lipinski definition) is 3. The molecular formula is C19H26ClIN4O. The minimum Gasteiger partial charge on any atom is -0.443 e. The third kappa shape index (κ3) is 5.36. The molecule has 1 saturated carbocycles. The van der Waals surface area contributed by atoms with Gasteiger partial charge in [-0.2, -0.15) is 0 Å². The summed E-state index contributed by atoms with van der Waals surface area (Å²) < 4.78 is 5.80. The summed E-state index contributed by atoms with van der Waals surface area (Å²) in [4.78, 5) is 8.61. The Bertz CT molecular complexity index is 769. The van der Waals surface area contributed by atoms with Gasteiger partial charge >= 0.3 is 0 Å². The topological polar surface area (TPSA) is 62.5 Å². The quantitative estimate of drug-likeness (QED) is 0.379. The fourth-order valence-corrected chi connectivity index (χ4v) is 2.93. The van der Waals surface area contributed by atoms with E-state index in [4.69, 9.17) is 16.0 Å². The highest BCUT2D eigenvalue weighted by atomic mass is 127. The van der Waals surface area contributed by atoms with Gasteiger partial charge in [-0.1, -0.05) is 44.5 Å². The van der Waals surface area contributed by atoms with Crippen LogP contribution in [0.2, 0.25) is 5.02 Å². The van der Waals surface area contributed by atoms with Crippen molar-refractivity contribution in [2.75, 3.05) is 7.05 Å². The van der Waals surface area contributed by atoms with E-state index in [0.29, 0.717) is 24.4 Å². The SMILES string of the molecule is CN=C(NCc1ncc(C(C)(C)C)o1)NC1CC1c1cccc(Cl)c1.I. The Hall–Kier alpha value is -1.28. The molecule has 1 fully saturated rings. The van der Waals surface area contributed by atoms with Gasteiger partial charge < -0.3 is 15.1 Å². The second kappa shape index (κ2) is 8.61. The molecule has 2 unspecified atom stereocenters. The van der Waals surface area contributed by atoms with E-state index in [1.165, 1.54) is 5.56 Å². The number of nitrogens with zero attached hydrogens (tertiary/aromatic N) is 2. The van der Waals surface area contributed by atoms with Gasteiger partial charge in [0.1, 0.15) is 5.76 Å². The number of halogens is 2. The number of benzene rings is 1. The maximum Gasteiger partial charge on any atom is 0.213 e. The largest absolute Gasteiger partial charge is 0.443 e. The van der Waals surface area contributed by atoms with Crippen molar-refractivity contribution in [1.29, 1.82) is 0 Å². The first-order valence-corrected chi connectivity index (χ1v) is 8.92. The average Bonchev–Trinajstić information content (AvgIpc) is 3.14. The molecule has 2 atom stereocenters. The van der Waals surface area contributed by atoms with Crippen LogP contribution >= 0.6 is 35.6 Å².